The summed E-state index contributed by atoms with van der Waals surface area (Å²) in [6.45, 7) is 2.06. The Balaban J connectivity index is 0.000000693. The molecule has 0 amide bonds. The number of hydrogen-bond donors (Lipinski definition) is 2. The number of rotatable bonds is 3. The van der Waals surface area contributed by atoms with Crippen LogP contribution in [0.25, 0.3) is 5.52 Å². The summed E-state index contributed by atoms with van der Waals surface area (Å²) in [5, 5.41) is 17.7. The molecule has 8 heteroatoms. The molecule has 0 aromatic carbocycles. The molecule has 1 aliphatic heterocycles. The molecule has 0 spiro atoms. The third-order valence-electron chi connectivity index (χ3n) is 3.43. The minimum Gasteiger partial charge on any atom is -0.400 e. The largest absolute Gasteiger partial charge is 0.400 e. The predicted octanol–water partition coefficient (Wildman–Crippen LogP) is 2.14. The first-order chi connectivity index (χ1) is 10.9. The van der Waals surface area contributed by atoms with E-state index in [2.05, 4.69) is 25.3 Å². The van der Waals surface area contributed by atoms with Gasteiger partial charge in [0.1, 0.15) is 5.52 Å². The van der Waals surface area contributed by atoms with Gasteiger partial charge in [0, 0.05) is 38.0 Å². The fourth-order valence-corrected chi connectivity index (χ4v) is 2.98. The number of aliphatic hydroxyl groups is 1. The van der Waals surface area contributed by atoms with E-state index in [-0.39, 0.29) is 0 Å². The van der Waals surface area contributed by atoms with Crippen molar-refractivity contribution in [3.63, 3.8) is 0 Å². The minimum absolute atomic E-state index is 0.783. The third kappa shape index (κ3) is 2.88. The Bertz CT molecular complexity index is 720. The van der Waals surface area contributed by atoms with E-state index >= 15 is 0 Å². The van der Waals surface area contributed by atoms with E-state index < -0.39 is 0 Å². The van der Waals surface area contributed by atoms with E-state index in [1.54, 1.807) is 17.5 Å². The number of aromatic nitrogens is 4. The molecule has 0 bridgehead atoms. The second-order valence-corrected chi connectivity index (χ2v) is 5.65. The normalized spacial score (nSPS) is 14.0. The first kappa shape index (κ1) is 14.7. The zero-order valence-corrected chi connectivity index (χ0v) is 13.1. The van der Waals surface area contributed by atoms with Crippen molar-refractivity contribution in [1.82, 2.24) is 19.6 Å². The van der Waals surface area contributed by atoms with Crippen molar-refractivity contribution in [1.29, 1.82) is 0 Å². The maximum absolute atomic E-state index is 7.00. The number of anilines is 3. The van der Waals surface area contributed by atoms with E-state index in [1.165, 1.54) is 12.8 Å². The molecule has 3 aromatic rings. The molecule has 4 rings (SSSR count). The zero-order chi connectivity index (χ0) is 15.4. The highest BCUT2D eigenvalue weighted by Gasteiger charge is 2.17. The second-order valence-electron chi connectivity index (χ2n) is 4.75. The fraction of sp³-hybridized carbons (Fsp3) is 0.357. The van der Waals surface area contributed by atoms with Crippen LogP contribution in [0.3, 0.4) is 0 Å². The quantitative estimate of drug-likeness (QED) is 0.770. The maximum Gasteiger partial charge on any atom is 0.245 e. The van der Waals surface area contributed by atoms with Crippen LogP contribution in [0, 0.1) is 0 Å². The van der Waals surface area contributed by atoms with Crippen molar-refractivity contribution in [2.24, 2.45) is 0 Å². The Labute approximate surface area is 132 Å². The average Bonchev–Trinajstić information content (AvgIpc) is 3.31. The number of fused-ring (bicyclic) bond motifs is 1. The second kappa shape index (κ2) is 6.71. The standard InChI is InChI=1S/C13H14N6S.CH4O/c1-2-7-18(6-1)12-15-11(16-13-14-5-9-20-13)10-4-3-8-19(10)17-12;1-2/h3-5,8-9H,1-2,6-7H2,(H,14,15,16,17);2H,1H3. The van der Waals surface area contributed by atoms with Crippen LogP contribution >= 0.6 is 11.3 Å². The van der Waals surface area contributed by atoms with Crippen molar-refractivity contribution in [2.45, 2.75) is 12.8 Å². The van der Waals surface area contributed by atoms with Crippen LogP contribution in [0.4, 0.5) is 16.9 Å². The highest BCUT2D eigenvalue weighted by Crippen LogP contribution is 2.24. The first-order valence-corrected chi connectivity index (χ1v) is 8.00. The maximum atomic E-state index is 7.00. The summed E-state index contributed by atoms with van der Waals surface area (Å²) < 4.78 is 1.87. The van der Waals surface area contributed by atoms with Gasteiger partial charge in [-0.2, -0.15) is 4.98 Å². The number of hydrogen-bond acceptors (Lipinski definition) is 7. The highest BCUT2D eigenvalue weighted by molar-refractivity contribution is 7.13. The molecule has 1 aliphatic rings. The van der Waals surface area contributed by atoms with Crippen LogP contribution in [0.1, 0.15) is 12.8 Å². The van der Waals surface area contributed by atoms with E-state index in [1.807, 2.05) is 28.2 Å². The van der Waals surface area contributed by atoms with Gasteiger partial charge < -0.3 is 15.3 Å². The molecule has 0 saturated carbocycles. The summed E-state index contributed by atoms with van der Waals surface area (Å²) in [5.74, 6) is 1.59. The monoisotopic (exact) mass is 318 g/mol. The lowest BCUT2D eigenvalue weighted by Gasteiger charge is -2.16. The van der Waals surface area contributed by atoms with Gasteiger partial charge in [-0.25, -0.2) is 9.50 Å². The predicted molar refractivity (Wildman–Crippen MR) is 88.0 cm³/mol. The highest BCUT2D eigenvalue weighted by atomic mass is 32.1. The Morgan fingerprint density at radius 2 is 2.09 bits per heavy atom. The van der Waals surface area contributed by atoms with Gasteiger partial charge in [-0.3, -0.25) is 0 Å². The van der Waals surface area contributed by atoms with Crippen molar-refractivity contribution in [2.75, 3.05) is 30.4 Å². The number of aliphatic hydroxyl groups excluding tert-OH is 1. The van der Waals surface area contributed by atoms with Crippen LogP contribution in [0.2, 0.25) is 0 Å². The van der Waals surface area contributed by atoms with Crippen molar-refractivity contribution < 1.29 is 5.11 Å². The van der Waals surface area contributed by atoms with Crippen LogP contribution in [-0.4, -0.2) is 44.9 Å². The first-order valence-electron chi connectivity index (χ1n) is 7.12. The summed E-state index contributed by atoms with van der Waals surface area (Å²) in [6, 6.07) is 3.98. The van der Waals surface area contributed by atoms with Gasteiger partial charge in [-0.1, -0.05) is 0 Å². The van der Waals surface area contributed by atoms with E-state index in [9.17, 15) is 0 Å². The molecule has 22 heavy (non-hydrogen) atoms. The van der Waals surface area contributed by atoms with Gasteiger partial charge in [0.25, 0.3) is 0 Å². The summed E-state index contributed by atoms with van der Waals surface area (Å²) >= 11 is 1.56. The average molecular weight is 318 g/mol. The van der Waals surface area contributed by atoms with E-state index in [0.29, 0.717) is 0 Å². The number of nitrogens with one attached hydrogen (secondary N) is 1. The molecule has 0 unspecified atom stereocenters. The molecule has 1 saturated heterocycles. The lowest BCUT2D eigenvalue weighted by atomic mass is 10.4. The Kier molecular flexibility index (Phi) is 4.50. The summed E-state index contributed by atoms with van der Waals surface area (Å²) in [4.78, 5) is 11.2. The lowest BCUT2D eigenvalue weighted by Crippen LogP contribution is -2.22. The van der Waals surface area contributed by atoms with Gasteiger partial charge >= 0.3 is 0 Å². The van der Waals surface area contributed by atoms with Gasteiger partial charge in [-0.05, 0) is 25.0 Å². The van der Waals surface area contributed by atoms with E-state index in [4.69, 9.17) is 5.11 Å². The molecule has 7 nitrogen and oxygen atoms in total. The fourth-order valence-electron chi connectivity index (χ4n) is 2.45. The smallest absolute Gasteiger partial charge is 0.245 e. The van der Waals surface area contributed by atoms with Crippen LogP contribution in [-0.2, 0) is 0 Å². The summed E-state index contributed by atoms with van der Waals surface area (Å²) in [7, 11) is 1.00. The topological polar surface area (TPSA) is 78.6 Å². The molecule has 0 atom stereocenters. The van der Waals surface area contributed by atoms with Gasteiger partial charge in [0.05, 0.1) is 0 Å². The van der Waals surface area contributed by atoms with Gasteiger partial charge in [-0.15, -0.1) is 16.4 Å². The number of nitrogens with zero attached hydrogens (tertiary/aromatic N) is 5. The number of thiazole rings is 1. The Hall–Kier alpha value is -2.19. The molecule has 4 heterocycles. The SMILES string of the molecule is CO.c1cc2c(Nc3nccs3)nc(N3CCCC3)nn2c1. The van der Waals surface area contributed by atoms with Crippen molar-refractivity contribution in [3.8, 4) is 0 Å². The summed E-state index contributed by atoms with van der Waals surface area (Å²) in [6.07, 6.45) is 6.15. The van der Waals surface area contributed by atoms with Crippen LogP contribution < -0.4 is 10.2 Å². The summed E-state index contributed by atoms with van der Waals surface area (Å²) in [5.41, 5.74) is 0.961. The van der Waals surface area contributed by atoms with Crippen molar-refractivity contribution in [3.05, 3.63) is 29.9 Å². The molecule has 2 N–H and O–H groups in total. The molecule has 1 fully saturated rings. The third-order valence-corrected chi connectivity index (χ3v) is 4.11. The molecule has 0 aliphatic carbocycles. The molecule has 3 aromatic heterocycles. The van der Waals surface area contributed by atoms with Crippen LogP contribution in [0.15, 0.2) is 29.9 Å². The van der Waals surface area contributed by atoms with Gasteiger partial charge in [0.2, 0.25) is 5.95 Å². The van der Waals surface area contributed by atoms with E-state index in [0.717, 1.165) is 42.6 Å². The minimum atomic E-state index is 0.783. The lowest BCUT2D eigenvalue weighted by molar-refractivity contribution is 0.399. The zero-order valence-electron chi connectivity index (χ0n) is 12.3. The Morgan fingerprint density at radius 1 is 1.27 bits per heavy atom. The van der Waals surface area contributed by atoms with Gasteiger partial charge in [0.15, 0.2) is 10.9 Å². The van der Waals surface area contributed by atoms with Crippen molar-refractivity contribution >= 4 is 33.8 Å². The molecule has 0 radical (unpaired) electrons. The molecular formula is C14H18N6OS. The Morgan fingerprint density at radius 3 is 2.82 bits per heavy atom. The molecule has 116 valence electrons. The molecular weight excluding hydrogens is 300 g/mol. The van der Waals surface area contributed by atoms with Crippen LogP contribution in [0.5, 0.6) is 0 Å².